The fourth-order valence-electron chi connectivity index (χ4n) is 1.99. The lowest BCUT2D eigenvalue weighted by Gasteiger charge is -2.05. The van der Waals surface area contributed by atoms with Crippen molar-refractivity contribution < 1.29 is 13.9 Å². The first kappa shape index (κ1) is 15.0. The van der Waals surface area contributed by atoms with Crippen molar-refractivity contribution in [2.75, 3.05) is 13.7 Å². The lowest BCUT2D eigenvalue weighted by Crippen LogP contribution is -2.24. The van der Waals surface area contributed by atoms with Crippen LogP contribution in [0.15, 0.2) is 24.3 Å². The van der Waals surface area contributed by atoms with Gasteiger partial charge in [-0.15, -0.1) is 0 Å². The van der Waals surface area contributed by atoms with Crippen molar-refractivity contribution in [1.29, 1.82) is 0 Å². The number of benzene rings is 1. The number of halogens is 1. The molecule has 0 spiro atoms. The molecule has 0 radical (unpaired) electrons. The Labute approximate surface area is 122 Å². The predicted molar refractivity (Wildman–Crippen MR) is 77.8 cm³/mol. The monoisotopic (exact) mass is 291 g/mol. The van der Waals surface area contributed by atoms with Crippen LogP contribution < -0.4 is 10.1 Å². The number of carbonyl (C=O) groups excluding carboxylic acids is 1. The maximum Gasteiger partial charge on any atom is 0.271 e. The summed E-state index contributed by atoms with van der Waals surface area (Å²) in [6, 6.07) is 6.16. The van der Waals surface area contributed by atoms with Crippen molar-refractivity contribution in [3.8, 4) is 17.0 Å². The van der Waals surface area contributed by atoms with Gasteiger partial charge in [0.1, 0.15) is 11.6 Å². The van der Waals surface area contributed by atoms with Crippen LogP contribution >= 0.6 is 0 Å². The lowest BCUT2D eigenvalue weighted by atomic mass is 10.1. The number of hydrogen-bond acceptors (Lipinski definition) is 3. The van der Waals surface area contributed by atoms with E-state index in [4.69, 9.17) is 4.74 Å². The number of rotatable bonds is 5. The summed E-state index contributed by atoms with van der Waals surface area (Å²) in [5, 5.41) is 6.88. The van der Waals surface area contributed by atoms with Gasteiger partial charge in [0.05, 0.1) is 12.8 Å². The Balaban J connectivity index is 2.33. The molecule has 5 nitrogen and oxygen atoms in total. The first-order chi connectivity index (χ1) is 10.1. The lowest BCUT2D eigenvalue weighted by molar-refractivity contribution is 0.0948. The molecule has 2 aromatic rings. The summed E-state index contributed by atoms with van der Waals surface area (Å²) in [7, 11) is 3.16. The standard InChI is InChI=1S/C15H18FN3O2/c1-4-7-17-15(20)13-9-14(19(2)18-13)11-6-5-10(21-3)8-12(11)16/h5-6,8-9H,4,7H2,1-3H3,(H,17,20). The summed E-state index contributed by atoms with van der Waals surface area (Å²) in [6.45, 7) is 2.55. The fraction of sp³-hybridized carbons (Fsp3) is 0.333. The predicted octanol–water partition coefficient (Wildman–Crippen LogP) is 2.37. The number of hydrogen-bond donors (Lipinski definition) is 1. The van der Waals surface area contributed by atoms with Crippen LogP contribution in [0, 0.1) is 5.82 Å². The van der Waals surface area contributed by atoms with Crippen LogP contribution in [-0.2, 0) is 7.05 Å². The first-order valence-corrected chi connectivity index (χ1v) is 6.73. The molecule has 0 atom stereocenters. The number of amides is 1. The zero-order valence-corrected chi connectivity index (χ0v) is 12.3. The van der Waals surface area contributed by atoms with E-state index in [9.17, 15) is 9.18 Å². The third-order valence-corrected chi connectivity index (χ3v) is 3.10. The molecule has 2 rings (SSSR count). The minimum absolute atomic E-state index is 0.257. The van der Waals surface area contributed by atoms with Gasteiger partial charge in [-0.3, -0.25) is 9.48 Å². The molecule has 0 aliphatic heterocycles. The van der Waals surface area contributed by atoms with Crippen molar-refractivity contribution in [3.05, 3.63) is 35.8 Å². The average molecular weight is 291 g/mol. The Morgan fingerprint density at radius 1 is 1.43 bits per heavy atom. The number of nitrogens with one attached hydrogen (secondary N) is 1. The van der Waals surface area contributed by atoms with E-state index in [1.54, 1.807) is 25.2 Å². The Morgan fingerprint density at radius 2 is 2.19 bits per heavy atom. The molecule has 1 amide bonds. The topological polar surface area (TPSA) is 56.1 Å². The number of methoxy groups -OCH3 is 1. The van der Waals surface area contributed by atoms with Crippen LogP contribution in [0.5, 0.6) is 5.75 Å². The third kappa shape index (κ3) is 3.21. The molecule has 1 aromatic heterocycles. The van der Waals surface area contributed by atoms with Crippen LogP contribution in [-0.4, -0.2) is 29.3 Å². The largest absolute Gasteiger partial charge is 0.497 e. The molecule has 1 N–H and O–H groups in total. The summed E-state index contributed by atoms with van der Waals surface area (Å²) in [5.74, 6) is -0.232. The molecular weight excluding hydrogens is 273 g/mol. The van der Waals surface area contributed by atoms with Crippen LogP contribution in [0.3, 0.4) is 0 Å². The first-order valence-electron chi connectivity index (χ1n) is 6.73. The van der Waals surface area contributed by atoms with Crippen LogP contribution in [0.25, 0.3) is 11.3 Å². The summed E-state index contributed by atoms with van der Waals surface area (Å²) >= 11 is 0. The van der Waals surface area contributed by atoms with Crippen molar-refractivity contribution in [2.45, 2.75) is 13.3 Å². The molecule has 1 heterocycles. The van der Waals surface area contributed by atoms with Crippen molar-refractivity contribution in [2.24, 2.45) is 7.05 Å². The maximum atomic E-state index is 14.1. The van der Waals surface area contributed by atoms with E-state index in [1.165, 1.54) is 17.9 Å². The van der Waals surface area contributed by atoms with Gasteiger partial charge in [0.2, 0.25) is 0 Å². The Hall–Kier alpha value is -2.37. The minimum atomic E-state index is -0.419. The molecule has 1 aromatic carbocycles. The molecule has 0 unspecified atom stereocenters. The van der Waals surface area contributed by atoms with E-state index >= 15 is 0 Å². The van der Waals surface area contributed by atoms with Gasteiger partial charge in [0, 0.05) is 25.2 Å². The van der Waals surface area contributed by atoms with Crippen molar-refractivity contribution in [1.82, 2.24) is 15.1 Å². The van der Waals surface area contributed by atoms with E-state index in [0.29, 0.717) is 23.6 Å². The summed E-state index contributed by atoms with van der Waals surface area (Å²) in [4.78, 5) is 11.9. The normalized spacial score (nSPS) is 10.5. The second kappa shape index (κ2) is 6.39. The highest BCUT2D eigenvalue weighted by atomic mass is 19.1. The fourth-order valence-corrected chi connectivity index (χ4v) is 1.99. The summed E-state index contributed by atoms with van der Waals surface area (Å²) in [5.41, 5.74) is 1.19. The second-order valence-corrected chi connectivity index (χ2v) is 4.64. The number of carbonyl (C=O) groups is 1. The van der Waals surface area contributed by atoms with Gasteiger partial charge in [-0.2, -0.15) is 5.10 Å². The van der Waals surface area contributed by atoms with Crippen molar-refractivity contribution in [3.63, 3.8) is 0 Å². The molecule has 0 saturated heterocycles. The van der Waals surface area contributed by atoms with E-state index in [2.05, 4.69) is 10.4 Å². The highest BCUT2D eigenvalue weighted by molar-refractivity contribution is 5.93. The molecule has 0 saturated carbocycles. The Morgan fingerprint density at radius 3 is 2.81 bits per heavy atom. The van der Waals surface area contributed by atoms with Gasteiger partial charge in [-0.1, -0.05) is 6.92 Å². The van der Waals surface area contributed by atoms with Gasteiger partial charge in [-0.05, 0) is 24.6 Å². The quantitative estimate of drug-likeness (QED) is 0.920. The Kier molecular flexibility index (Phi) is 4.57. The van der Waals surface area contributed by atoms with Gasteiger partial charge in [0.15, 0.2) is 5.69 Å². The van der Waals surface area contributed by atoms with Crippen molar-refractivity contribution >= 4 is 5.91 Å². The molecule has 0 bridgehead atoms. The molecule has 0 aliphatic carbocycles. The molecule has 0 aliphatic rings. The second-order valence-electron chi connectivity index (χ2n) is 4.64. The minimum Gasteiger partial charge on any atom is -0.497 e. The molecule has 6 heteroatoms. The van der Waals surface area contributed by atoms with Gasteiger partial charge < -0.3 is 10.1 Å². The van der Waals surface area contributed by atoms with E-state index in [0.717, 1.165) is 6.42 Å². The van der Waals surface area contributed by atoms with Crippen LogP contribution in [0.1, 0.15) is 23.8 Å². The van der Waals surface area contributed by atoms with Crippen LogP contribution in [0.2, 0.25) is 0 Å². The third-order valence-electron chi connectivity index (χ3n) is 3.10. The smallest absolute Gasteiger partial charge is 0.271 e. The maximum absolute atomic E-state index is 14.1. The zero-order chi connectivity index (χ0) is 15.4. The van der Waals surface area contributed by atoms with Gasteiger partial charge in [-0.25, -0.2) is 4.39 Å². The van der Waals surface area contributed by atoms with Gasteiger partial charge in [0.25, 0.3) is 5.91 Å². The zero-order valence-electron chi connectivity index (χ0n) is 12.3. The van der Waals surface area contributed by atoms with Gasteiger partial charge >= 0.3 is 0 Å². The molecular formula is C15H18FN3O2. The van der Waals surface area contributed by atoms with E-state index < -0.39 is 5.82 Å². The molecule has 0 fully saturated rings. The average Bonchev–Trinajstić information content (AvgIpc) is 2.86. The Bertz CT molecular complexity index is 652. The summed E-state index contributed by atoms with van der Waals surface area (Å²) in [6.07, 6.45) is 0.846. The highest BCUT2D eigenvalue weighted by Gasteiger charge is 2.16. The summed E-state index contributed by atoms with van der Waals surface area (Å²) < 4.78 is 20.6. The number of aromatic nitrogens is 2. The number of aryl methyl sites for hydroxylation is 1. The number of nitrogens with zero attached hydrogens (tertiary/aromatic N) is 2. The van der Waals surface area contributed by atoms with E-state index in [-0.39, 0.29) is 11.6 Å². The highest BCUT2D eigenvalue weighted by Crippen LogP contribution is 2.26. The van der Waals surface area contributed by atoms with Crippen LogP contribution in [0.4, 0.5) is 4.39 Å². The number of ether oxygens (including phenoxy) is 1. The molecule has 112 valence electrons. The SMILES string of the molecule is CCCNC(=O)c1cc(-c2ccc(OC)cc2F)n(C)n1. The molecule has 21 heavy (non-hydrogen) atoms. The van der Waals surface area contributed by atoms with E-state index in [1.807, 2.05) is 6.92 Å².